The minimum Gasteiger partial charge on any atom is -0.480 e. The molecule has 9 heteroatoms. The third-order valence-electron chi connectivity index (χ3n) is 4.70. The molecule has 0 aromatic heterocycles. The number of nitrogens with two attached hydrogens (primary N) is 1. The van der Waals surface area contributed by atoms with Crippen molar-refractivity contribution in [2.45, 2.75) is 103 Å². The van der Waals surface area contributed by atoms with Gasteiger partial charge in [0.05, 0.1) is 6.61 Å². The Labute approximate surface area is 172 Å². The molecule has 0 rings (SSSR count). The summed E-state index contributed by atoms with van der Waals surface area (Å²) in [5.74, 6) is -1.77. The zero-order chi connectivity index (χ0) is 22.1. The predicted molar refractivity (Wildman–Crippen MR) is 107 cm³/mol. The Kier molecular flexibility index (Phi) is 15.5. The minimum atomic E-state index is -3.19. The number of nitrogens with one attached hydrogen (secondary N) is 1. The predicted octanol–water partition coefficient (Wildman–Crippen LogP) is 4.43. The number of rotatable bonds is 18. The number of alkyl carbamates (subject to hydrolysis) is 1. The molecule has 2 atom stereocenters. The second-order valence-corrected chi connectivity index (χ2v) is 7.35. The Morgan fingerprint density at radius 2 is 1.59 bits per heavy atom. The Morgan fingerprint density at radius 1 is 1.03 bits per heavy atom. The minimum absolute atomic E-state index is 0.0179. The van der Waals surface area contributed by atoms with Gasteiger partial charge in [-0.05, 0) is 26.2 Å². The molecule has 0 aliphatic heterocycles. The lowest BCUT2D eigenvalue weighted by molar-refractivity contribution is -0.150. The van der Waals surface area contributed by atoms with Crippen molar-refractivity contribution in [3.05, 3.63) is 0 Å². The molecule has 2 unspecified atom stereocenters. The standard InChI is InChI=1S/C20H38F2N2O5/c1-3-4-5-6-7-8-9-10-11-15-28-16(2)29-19(27)24-14-12-13-20(23,17(21)22)18(25)26/h16-17H,3-15,23H2,1-2H3,(H,24,27)(H,25,26). The van der Waals surface area contributed by atoms with Gasteiger partial charge in [-0.1, -0.05) is 58.3 Å². The Bertz CT molecular complexity index is 455. The molecule has 0 fully saturated rings. The molecular weight excluding hydrogens is 386 g/mol. The third kappa shape index (κ3) is 13.4. The van der Waals surface area contributed by atoms with Crippen LogP contribution in [0.1, 0.15) is 84.5 Å². The number of aliphatic carboxylic acids is 1. The van der Waals surface area contributed by atoms with Gasteiger partial charge in [-0.3, -0.25) is 0 Å². The molecular formula is C20H38F2N2O5. The molecule has 29 heavy (non-hydrogen) atoms. The zero-order valence-corrected chi connectivity index (χ0v) is 17.8. The van der Waals surface area contributed by atoms with Crippen LogP contribution in [0.4, 0.5) is 13.6 Å². The van der Waals surface area contributed by atoms with Gasteiger partial charge in [-0.25, -0.2) is 18.4 Å². The Balaban J connectivity index is 3.69. The van der Waals surface area contributed by atoms with E-state index in [9.17, 15) is 18.4 Å². The van der Waals surface area contributed by atoms with Gasteiger partial charge < -0.3 is 25.6 Å². The average Bonchev–Trinajstić information content (AvgIpc) is 2.66. The molecule has 0 aromatic carbocycles. The first-order valence-corrected chi connectivity index (χ1v) is 10.6. The molecule has 0 spiro atoms. The second-order valence-electron chi connectivity index (χ2n) is 7.35. The van der Waals surface area contributed by atoms with Crippen molar-refractivity contribution in [1.29, 1.82) is 0 Å². The lowest BCUT2D eigenvalue weighted by Crippen LogP contribution is -2.54. The van der Waals surface area contributed by atoms with Crippen LogP contribution < -0.4 is 11.1 Å². The first-order chi connectivity index (χ1) is 13.7. The Hall–Kier alpha value is -1.48. The van der Waals surface area contributed by atoms with E-state index in [1.165, 1.54) is 44.9 Å². The van der Waals surface area contributed by atoms with Crippen LogP contribution in [0.5, 0.6) is 0 Å². The normalized spacial score (nSPS) is 14.4. The summed E-state index contributed by atoms with van der Waals surface area (Å²) < 4.78 is 35.9. The number of halogens is 2. The maximum absolute atomic E-state index is 12.7. The van der Waals surface area contributed by atoms with Crippen LogP contribution in [0.2, 0.25) is 0 Å². The number of hydrogen-bond donors (Lipinski definition) is 3. The number of hydrogen-bond acceptors (Lipinski definition) is 5. The summed E-state index contributed by atoms with van der Waals surface area (Å²) in [5, 5.41) is 11.2. The molecule has 4 N–H and O–H groups in total. The molecule has 7 nitrogen and oxygen atoms in total. The first-order valence-electron chi connectivity index (χ1n) is 10.6. The lowest BCUT2D eigenvalue weighted by Gasteiger charge is -2.23. The maximum Gasteiger partial charge on any atom is 0.409 e. The molecule has 0 radical (unpaired) electrons. The molecule has 0 saturated carbocycles. The number of ether oxygens (including phenoxy) is 2. The monoisotopic (exact) mass is 424 g/mol. The summed E-state index contributed by atoms with van der Waals surface area (Å²) in [6.07, 6.45) is 5.67. The highest BCUT2D eigenvalue weighted by Gasteiger charge is 2.43. The summed E-state index contributed by atoms with van der Waals surface area (Å²) in [6.45, 7) is 4.27. The van der Waals surface area contributed by atoms with Gasteiger partial charge in [0, 0.05) is 6.54 Å². The summed E-state index contributed by atoms with van der Waals surface area (Å²) in [6, 6.07) is 0. The van der Waals surface area contributed by atoms with E-state index < -0.39 is 36.7 Å². The summed E-state index contributed by atoms with van der Waals surface area (Å²) in [5.41, 5.74) is 2.58. The van der Waals surface area contributed by atoms with Crippen molar-refractivity contribution in [3.63, 3.8) is 0 Å². The second kappa shape index (κ2) is 16.3. The topological polar surface area (TPSA) is 111 Å². The van der Waals surface area contributed by atoms with Gasteiger partial charge >= 0.3 is 12.1 Å². The fourth-order valence-corrected chi connectivity index (χ4v) is 2.77. The molecule has 0 heterocycles. The van der Waals surface area contributed by atoms with Crippen LogP contribution in [0.25, 0.3) is 0 Å². The number of carbonyl (C=O) groups is 2. The van der Waals surface area contributed by atoms with Crippen LogP contribution in [-0.2, 0) is 14.3 Å². The molecule has 172 valence electrons. The van der Waals surface area contributed by atoms with Crippen molar-refractivity contribution in [3.8, 4) is 0 Å². The quantitative estimate of drug-likeness (QED) is 0.222. The molecule has 0 aliphatic rings. The number of amides is 1. The number of carboxylic acids is 1. The van der Waals surface area contributed by atoms with E-state index in [0.717, 1.165) is 12.8 Å². The van der Waals surface area contributed by atoms with E-state index in [4.69, 9.17) is 20.3 Å². The molecule has 0 saturated heterocycles. The average molecular weight is 425 g/mol. The van der Waals surface area contributed by atoms with E-state index in [0.29, 0.717) is 6.61 Å². The summed E-state index contributed by atoms with van der Waals surface area (Å²) in [4.78, 5) is 22.5. The fraction of sp³-hybridized carbons (Fsp3) is 0.900. The van der Waals surface area contributed by atoms with E-state index in [-0.39, 0.29) is 13.0 Å². The van der Waals surface area contributed by atoms with Crippen LogP contribution in [0.3, 0.4) is 0 Å². The highest BCUT2D eigenvalue weighted by molar-refractivity contribution is 5.79. The third-order valence-corrected chi connectivity index (χ3v) is 4.70. The van der Waals surface area contributed by atoms with E-state index in [1.54, 1.807) is 6.92 Å². The smallest absolute Gasteiger partial charge is 0.409 e. The van der Waals surface area contributed by atoms with Crippen molar-refractivity contribution >= 4 is 12.1 Å². The number of carbonyl (C=O) groups excluding carboxylic acids is 1. The molecule has 0 bridgehead atoms. The number of alkyl halides is 2. The van der Waals surface area contributed by atoms with Crippen LogP contribution >= 0.6 is 0 Å². The van der Waals surface area contributed by atoms with Gasteiger partial charge in [0.15, 0.2) is 5.54 Å². The largest absolute Gasteiger partial charge is 0.480 e. The van der Waals surface area contributed by atoms with Gasteiger partial charge in [0.2, 0.25) is 6.29 Å². The van der Waals surface area contributed by atoms with E-state index >= 15 is 0 Å². The van der Waals surface area contributed by atoms with Gasteiger partial charge in [0.25, 0.3) is 6.43 Å². The van der Waals surface area contributed by atoms with E-state index in [2.05, 4.69) is 12.2 Å². The van der Waals surface area contributed by atoms with Crippen molar-refractivity contribution in [2.75, 3.05) is 13.2 Å². The fourth-order valence-electron chi connectivity index (χ4n) is 2.77. The van der Waals surface area contributed by atoms with E-state index in [1.807, 2.05) is 0 Å². The molecule has 0 aromatic rings. The van der Waals surface area contributed by atoms with Crippen molar-refractivity contribution < 1.29 is 33.0 Å². The highest BCUT2D eigenvalue weighted by Crippen LogP contribution is 2.19. The first kappa shape index (κ1) is 27.5. The highest BCUT2D eigenvalue weighted by atomic mass is 19.3. The zero-order valence-electron chi connectivity index (χ0n) is 17.8. The Morgan fingerprint density at radius 3 is 2.10 bits per heavy atom. The van der Waals surface area contributed by atoms with Crippen molar-refractivity contribution in [1.82, 2.24) is 5.32 Å². The molecule has 0 aliphatic carbocycles. The van der Waals surface area contributed by atoms with Crippen LogP contribution in [0, 0.1) is 0 Å². The van der Waals surface area contributed by atoms with Gasteiger partial charge in [-0.15, -0.1) is 0 Å². The van der Waals surface area contributed by atoms with Crippen LogP contribution in [0.15, 0.2) is 0 Å². The van der Waals surface area contributed by atoms with Crippen molar-refractivity contribution in [2.24, 2.45) is 5.73 Å². The number of carboxylic acid groups (broad SMARTS) is 1. The van der Waals surface area contributed by atoms with Crippen LogP contribution in [-0.4, -0.2) is 48.6 Å². The molecule has 1 amide bonds. The van der Waals surface area contributed by atoms with Gasteiger partial charge in [0.1, 0.15) is 0 Å². The maximum atomic E-state index is 12.7. The SMILES string of the molecule is CCCCCCCCCCCOC(C)OC(=O)NCCCC(N)(C(=O)O)C(F)F. The number of unbranched alkanes of at least 4 members (excludes halogenated alkanes) is 8. The lowest BCUT2D eigenvalue weighted by atomic mass is 9.95. The summed E-state index contributed by atoms with van der Waals surface area (Å²) in [7, 11) is 0. The summed E-state index contributed by atoms with van der Waals surface area (Å²) >= 11 is 0. The van der Waals surface area contributed by atoms with Gasteiger partial charge in [-0.2, -0.15) is 0 Å².